The molecule has 1 heterocycles. The van der Waals surface area contributed by atoms with Gasteiger partial charge in [-0.25, -0.2) is 4.39 Å². The minimum Gasteiger partial charge on any atom is -0.508 e. The summed E-state index contributed by atoms with van der Waals surface area (Å²) in [6, 6.07) is 6.15. The number of rotatable bonds is 1. The van der Waals surface area contributed by atoms with Gasteiger partial charge < -0.3 is 25.2 Å². The van der Waals surface area contributed by atoms with E-state index in [4.69, 9.17) is 4.74 Å². The second-order valence-electron chi connectivity index (χ2n) is 4.96. The van der Waals surface area contributed by atoms with Crippen LogP contribution in [-0.4, -0.2) is 26.5 Å². The Labute approximate surface area is 119 Å². The molecule has 1 aliphatic heterocycles. The lowest BCUT2D eigenvalue weighted by atomic mass is 9.94. The maximum absolute atomic E-state index is 13.1. The number of hydrogen-bond donors (Lipinski definition) is 4. The fourth-order valence-electron chi connectivity index (χ4n) is 2.46. The smallest absolute Gasteiger partial charge is 0.164 e. The molecule has 0 fully saturated rings. The van der Waals surface area contributed by atoms with Crippen molar-refractivity contribution in [3.05, 3.63) is 47.3 Å². The molecule has 4 N–H and O–H groups in total. The first-order valence-corrected chi connectivity index (χ1v) is 6.33. The zero-order valence-corrected chi connectivity index (χ0v) is 10.8. The molecule has 110 valence electrons. The Morgan fingerprint density at radius 3 is 2.52 bits per heavy atom. The van der Waals surface area contributed by atoms with Crippen LogP contribution in [0.4, 0.5) is 4.39 Å². The van der Waals surface area contributed by atoms with E-state index in [2.05, 4.69) is 0 Å². The summed E-state index contributed by atoms with van der Waals surface area (Å²) in [7, 11) is 0. The lowest BCUT2D eigenvalue weighted by molar-refractivity contribution is 0.0196. The first kappa shape index (κ1) is 13.5. The fraction of sp³-hybridized carbons (Fsp3) is 0.200. The van der Waals surface area contributed by atoms with Crippen LogP contribution in [0.2, 0.25) is 0 Å². The minimum absolute atomic E-state index is 0.115. The van der Waals surface area contributed by atoms with E-state index in [1.165, 1.54) is 24.3 Å². The topological polar surface area (TPSA) is 90.2 Å². The molecule has 0 aliphatic carbocycles. The van der Waals surface area contributed by atoms with Gasteiger partial charge in [0.05, 0.1) is 6.10 Å². The molecule has 0 bridgehead atoms. The number of benzene rings is 2. The number of ether oxygens (including phenoxy) is 1. The fourth-order valence-corrected chi connectivity index (χ4v) is 2.46. The molecule has 0 spiro atoms. The van der Waals surface area contributed by atoms with Gasteiger partial charge in [0.2, 0.25) is 0 Å². The first-order chi connectivity index (χ1) is 9.95. The van der Waals surface area contributed by atoms with E-state index in [1.807, 2.05) is 0 Å². The summed E-state index contributed by atoms with van der Waals surface area (Å²) in [5.74, 6) is -1.38. The molecule has 3 rings (SSSR count). The molecule has 0 saturated carbocycles. The largest absolute Gasteiger partial charge is 0.508 e. The maximum atomic E-state index is 13.1. The summed E-state index contributed by atoms with van der Waals surface area (Å²) in [6.45, 7) is 0. The second kappa shape index (κ2) is 4.82. The van der Waals surface area contributed by atoms with Gasteiger partial charge in [0.1, 0.15) is 23.4 Å². The van der Waals surface area contributed by atoms with Gasteiger partial charge in [-0.15, -0.1) is 0 Å². The molecular weight excluding hydrogens is 279 g/mol. The van der Waals surface area contributed by atoms with Crippen LogP contribution in [0.25, 0.3) is 0 Å². The van der Waals surface area contributed by atoms with Crippen LogP contribution in [0.3, 0.4) is 0 Å². The van der Waals surface area contributed by atoms with E-state index in [1.54, 1.807) is 0 Å². The Morgan fingerprint density at radius 2 is 1.81 bits per heavy atom. The van der Waals surface area contributed by atoms with Crippen LogP contribution in [0.15, 0.2) is 30.3 Å². The molecule has 0 aromatic heterocycles. The summed E-state index contributed by atoms with van der Waals surface area (Å²) in [6.07, 6.45) is -1.69. The number of hydrogen-bond acceptors (Lipinski definition) is 5. The summed E-state index contributed by atoms with van der Waals surface area (Å²) in [4.78, 5) is 0. The van der Waals surface area contributed by atoms with Crippen molar-refractivity contribution in [1.82, 2.24) is 0 Å². The zero-order valence-electron chi connectivity index (χ0n) is 10.8. The summed E-state index contributed by atoms with van der Waals surface area (Å²) < 4.78 is 18.7. The van der Waals surface area contributed by atoms with E-state index in [9.17, 15) is 24.8 Å². The van der Waals surface area contributed by atoms with Gasteiger partial charge >= 0.3 is 0 Å². The van der Waals surface area contributed by atoms with Crippen molar-refractivity contribution < 1.29 is 29.6 Å². The van der Waals surface area contributed by atoms with Crippen LogP contribution >= 0.6 is 0 Å². The highest BCUT2D eigenvalue weighted by Crippen LogP contribution is 2.42. The van der Waals surface area contributed by atoms with E-state index >= 15 is 0 Å². The first-order valence-electron chi connectivity index (χ1n) is 6.33. The van der Waals surface area contributed by atoms with E-state index in [0.717, 1.165) is 6.07 Å². The number of phenolic OH excluding ortho intramolecular Hbond substituents is 3. The molecule has 1 aliphatic rings. The second-order valence-corrected chi connectivity index (χ2v) is 4.96. The van der Waals surface area contributed by atoms with Gasteiger partial charge in [0.15, 0.2) is 11.6 Å². The molecule has 0 saturated heterocycles. The molecule has 2 aromatic carbocycles. The Morgan fingerprint density at radius 1 is 1.05 bits per heavy atom. The number of aliphatic hydroxyl groups excluding tert-OH is 1. The van der Waals surface area contributed by atoms with Gasteiger partial charge in [-0.3, -0.25) is 0 Å². The number of aliphatic hydroxyl groups is 1. The molecule has 6 heteroatoms. The van der Waals surface area contributed by atoms with Crippen molar-refractivity contribution in [3.8, 4) is 23.0 Å². The molecule has 0 unspecified atom stereocenters. The molecule has 0 radical (unpaired) electrons. The summed E-state index contributed by atoms with van der Waals surface area (Å²) >= 11 is 0. The maximum Gasteiger partial charge on any atom is 0.164 e. The van der Waals surface area contributed by atoms with Gasteiger partial charge in [0.25, 0.3) is 0 Å². The van der Waals surface area contributed by atoms with Crippen molar-refractivity contribution in [3.63, 3.8) is 0 Å². The predicted octanol–water partition coefficient (Wildman–Crippen LogP) is 1.98. The highest BCUT2D eigenvalue weighted by molar-refractivity contribution is 5.51. The molecule has 2 atom stereocenters. The van der Waals surface area contributed by atoms with Crippen molar-refractivity contribution in [1.29, 1.82) is 0 Å². The highest BCUT2D eigenvalue weighted by Gasteiger charge is 2.32. The van der Waals surface area contributed by atoms with Crippen molar-refractivity contribution in [2.24, 2.45) is 0 Å². The zero-order chi connectivity index (χ0) is 15.1. The normalized spacial score (nSPS) is 20.7. The van der Waals surface area contributed by atoms with Crippen molar-refractivity contribution in [2.75, 3.05) is 0 Å². The number of phenols is 3. The average molecular weight is 292 g/mol. The molecule has 21 heavy (non-hydrogen) atoms. The van der Waals surface area contributed by atoms with E-state index in [0.29, 0.717) is 11.1 Å². The van der Waals surface area contributed by atoms with Gasteiger partial charge in [-0.05, 0) is 17.7 Å². The van der Waals surface area contributed by atoms with Crippen LogP contribution < -0.4 is 4.74 Å². The molecule has 0 amide bonds. The van der Waals surface area contributed by atoms with E-state index in [-0.39, 0.29) is 23.7 Å². The Kier molecular flexibility index (Phi) is 3.10. The van der Waals surface area contributed by atoms with Gasteiger partial charge in [0, 0.05) is 24.1 Å². The minimum atomic E-state index is -0.974. The standard InChI is InChI=1S/C15H13FO5/c16-10-2-1-7(3-12(10)19)15-13(20)6-9-11(18)4-8(17)5-14(9)21-15/h1-5,13,15,17-20H,6H2/t13-,15-/m0/s1. The SMILES string of the molecule is Oc1cc(O)c2c(c1)O[C@@H](c1ccc(F)c(O)c1)[C@@H](O)C2. The summed E-state index contributed by atoms with van der Waals surface area (Å²) in [5, 5.41) is 38.8. The Balaban J connectivity index is 2.00. The van der Waals surface area contributed by atoms with Gasteiger partial charge in [-0.2, -0.15) is 0 Å². The van der Waals surface area contributed by atoms with E-state index < -0.39 is 23.8 Å². The van der Waals surface area contributed by atoms with Crippen LogP contribution in [-0.2, 0) is 6.42 Å². The van der Waals surface area contributed by atoms with Crippen molar-refractivity contribution >= 4 is 0 Å². The molecular formula is C15H13FO5. The van der Waals surface area contributed by atoms with Crippen molar-refractivity contribution in [2.45, 2.75) is 18.6 Å². The third-order valence-electron chi connectivity index (χ3n) is 3.49. The highest BCUT2D eigenvalue weighted by atomic mass is 19.1. The quantitative estimate of drug-likeness (QED) is 0.645. The van der Waals surface area contributed by atoms with Crippen LogP contribution in [0.1, 0.15) is 17.2 Å². The van der Waals surface area contributed by atoms with Crippen LogP contribution in [0.5, 0.6) is 23.0 Å². The lowest BCUT2D eigenvalue weighted by Gasteiger charge is -2.31. The summed E-state index contributed by atoms with van der Waals surface area (Å²) in [5.41, 5.74) is 0.790. The van der Waals surface area contributed by atoms with Crippen LogP contribution in [0, 0.1) is 5.82 Å². The average Bonchev–Trinajstić information content (AvgIpc) is 2.42. The number of fused-ring (bicyclic) bond motifs is 1. The lowest BCUT2D eigenvalue weighted by Crippen LogP contribution is -2.30. The Hall–Kier alpha value is -2.47. The number of aromatic hydroxyl groups is 3. The molecule has 2 aromatic rings. The monoisotopic (exact) mass is 292 g/mol. The van der Waals surface area contributed by atoms with Gasteiger partial charge in [-0.1, -0.05) is 6.07 Å². The predicted molar refractivity (Wildman–Crippen MR) is 70.9 cm³/mol. The number of halogens is 1. The third-order valence-corrected chi connectivity index (χ3v) is 3.49. The third kappa shape index (κ3) is 2.34. The molecule has 5 nitrogen and oxygen atoms in total. The Bertz CT molecular complexity index is 701.